The number of aliphatic hydroxyl groups is 2. The summed E-state index contributed by atoms with van der Waals surface area (Å²) in [6.07, 6.45) is 1.18. The maximum absolute atomic E-state index is 9.79. The molecule has 0 aromatic carbocycles. The molecule has 0 unspecified atom stereocenters. The quantitative estimate of drug-likeness (QED) is 0.667. The largest absolute Gasteiger partial charge is 0.393 e. The Hall–Kier alpha value is -0.0800. The van der Waals surface area contributed by atoms with E-state index in [1.54, 1.807) is 6.92 Å². The van der Waals surface area contributed by atoms with Crippen LogP contribution in [0.4, 0.5) is 0 Å². The van der Waals surface area contributed by atoms with E-state index in [2.05, 4.69) is 13.8 Å². The minimum Gasteiger partial charge on any atom is -0.393 e. The van der Waals surface area contributed by atoms with Crippen molar-refractivity contribution in [3.63, 3.8) is 0 Å². The number of hydrogen-bond acceptors (Lipinski definition) is 2. The molecule has 0 aliphatic heterocycles. The Bertz CT molecular complexity index is 106. The predicted octanol–water partition coefficient (Wildman–Crippen LogP) is 1.80. The van der Waals surface area contributed by atoms with Gasteiger partial charge in [0.25, 0.3) is 0 Å². The van der Waals surface area contributed by atoms with Crippen molar-refractivity contribution < 1.29 is 10.2 Å². The van der Waals surface area contributed by atoms with Crippen molar-refractivity contribution in [1.82, 2.24) is 0 Å². The van der Waals surface area contributed by atoms with Crippen LogP contribution < -0.4 is 0 Å². The summed E-state index contributed by atoms with van der Waals surface area (Å²) in [5.41, 5.74) is 0. The highest BCUT2D eigenvalue weighted by Gasteiger charge is 2.24. The summed E-state index contributed by atoms with van der Waals surface area (Å²) >= 11 is 0. The average Bonchev–Trinajstić information content (AvgIpc) is 2.05. The van der Waals surface area contributed by atoms with Gasteiger partial charge in [0.15, 0.2) is 0 Å². The van der Waals surface area contributed by atoms with Gasteiger partial charge in [-0.05, 0) is 12.8 Å². The molecule has 2 heteroatoms. The Morgan fingerprint density at radius 1 is 1.00 bits per heavy atom. The lowest BCUT2D eigenvalue weighted by molar-refractivity contribution is -0.00514. The summed E-state index contributed by atoms with van der Waals surface area (Å²) in [5, 5.41) is 19.1. The molecular formula is C10H22O2. The molecule has 0 amide bonds. The lowest BCUT2D eigenvalue weighted by Crippen LogP contribution is -2.33. The summed E-state index contributed by atoms with van der Waals surface area (Å²) in [7, 11) is 0. The van der Waals surface area contributed by atoms with Crippen LogP contribution in [-0.2, 0) is 0 Å². The van der Waals surface area contributed by atoms with E-state index < -0.39 is 6.10 Å². The molecule has 2 nitrogen and oxygen atoms in total. The number of aliphatic hydroxyl groups excluding tert-OH is 2. The van der Waals surface area contributed by atoms with E-state index in [1.165, 1.54) is 0 Å². The second-order valence-electron chi connectivity index (χ2n) is 3.67. The van der Waals surface area contributed by atoms with Crippen molar-refractivity contribution in [1.29, 1.82) is 0 Å². The summed E-state index contributed by atoms with van der Waals surface area (Å²) in [5.74, 6) is 0.310. The summed E-state index contributed by atoms with van der Waals surface area (Å²) < 4.78 is 0. The molecule has 0 heterocycles. The minimum absolute atomic E-state index is 0.0186. The predicted molar refractivity (Wildman–Crippen MR) is 50.9 cm³/mol. The van der Waals surface area contributed by atoms with Gasteiger partial charge >= 0.3 is 0 Å². The van der Waals surface area contributed by atoms with Crippen LogP contribution >= 0.6 is 0 Å². The zero-order valence-electron chi connectivity index (χ0n) is 8.62. The molecule has 0 aromatic heterocycles. The second kappa shape index (κ2) is 5.55. The van der Waals surface area contributed by atoms with Gasteiger partial charge in [-0.3, -0.25) is 0 Å². The zero-order valence-corrected chi connectivity index (χ0v) is 8.62. The second-order valence-corrected chi connectivity index (χ2v) is 3.67. The molecule has 3 atom stereocenters. The van der Waals surface area contributed by atoms with E-state index >= 15 is 0 Å². The van der Waals surface area contributed by atoms with Gasteiger partial charge in [0.05, 0.1) is 12.2 Å². The van der Waals surface area contributed by atoms with E-state index in [0.29, 0.717) is 5.92 Å². The van der Waals surface area contributed by atoms with Crippen molar-refractivity contribution >= 4 is 0 Å². The molecule has 0 fully saturated rings. The third kappa shape index (κ3) is 3.11. The molecule has 12 heavy (non-hydrogen) atoms. The normalized spacial score (nSPS) is 19.2. The van der Waals surface area contributed by atoms with Gasteiger partial charge in [-0.1, -0.05) is 33.6 Å². The van der Waals surface area contributed by atoms with Crippen LogP contribution in [0, 0.1) is 11.8 Å². The third-order valence-corrected chi connectivity index (χ3v) is 2.83. The molecule has 0 rings (SSSR count). The Kier molecular flexibility index (Phi) is 5.51. The first kappa shape index (κ1) is 11.9. The summed E-state index contributed by atoms with van der Waals surface area (Å²) in [6, 6.07) is 0. The van der Waals surface area contributed by atoms with E-state index in [9.17, 15) is 10.2 Å². The van der Waals surface area contributed by atoms with Gasteiger partial charge in [-0.2, -0.15) is 0 Å². The van der Waals surface area contributed by atoms with Crippen molar-refractivity contribution in [2.75, 3.05) is 0 Å². The van der Waals surface area contributed by atoms with Crippen molar-refractivity contribution in [3.8, 4) is 0 Å². The molecule has 0 aliphatic carbocycles. The Morgan fingerprint density at radius 3 is 1.67 bits per heavy atom. The van der Waals surface area contributed by atoms with Crippen molar-refractivity contribution in [2.45, 2.75) is 52.7 Å². The number of hydrogen-bond donors (Lipinski definition) is 2. The molecule has 0 saturated carbocycles. The van der Waals surface area contributed by atoms with E-state index in [0.717, 1.165) is 12.8 Å². The lowest BCUT2D eigenvalue weighted by Gasteiger charge is -2.27. The molecule has 0 radical (unpaired) electrons. The fourth-order valence-corrected chi connectivity index (χ4v) is 1.49. The first-order chi connectivity index (χ1) is 5.54. The molecule has 0 aliphatic rings. The smallest absolute Gasteiger partial charge is 0.0618 e. The zero-order chi connectivity index (χ0) is 9.72. The Labute approximate surface area is 75.6 Å². The third-order valence-electron chi connectivity index (χ3n) is 2.83. The first-order valence-corrected chi connectivity index (χ1v) is 4.90. The lowest BCUT2D eigenvalue weighted by atomic mass is 9.86. The van der Waals surface area contributed by atoms with Gasteiger partial charge in [0, 0.05) is 5.92 Å². The van der Waals surface area contributed by atoms with E-state index in [1.807, 2.05) is 6.92 Å². The van der Waals surface area contributed by atoms with E-state index in [4.69, 9.17) is 0 Å². The van der Waals surface area contributed by atoms with Crippen molar-refractivity contribution in [2.24, 2.45) is 11.8 Å². The highest BCUT2D eigenvalue weighted by molar-refractivity contribution is 4.75. The standard InChI is InChI=1S/C10H22O2/c1-5-9(6-2)10(12)7(3)8(4)11/h7-12H,5-6H2,1-4H3/t7-,8+,10+/m0/s1. The maximum atomic E-state index is 9.79. The molecule has 0 aromatic rings. The molecule has 0 spiro atoms. The molecule has 2 N–H and O–H groups in total. The van der Waals surface area contributed by atoms with Gasteiger partial charge in [-0.15, -0.1) is 0 Å². The first-order valence-electron chi connectivity index (χ1n) is 4.90. The van der Waals surface area contributed by atoms with Crippen LogP contribution in [0.2, 0.25) is 0 Å². The molecule has 0 bridgehead atoms. The topological polar surface area (TPSA) is 40.5 Å². The maximum Gasteiger partial charge on any atom is 0.0618 e. The SMILES string of the molecule is CCC(CC)[C@H](O)[C@@H](C)[C@@H](C)O. The van der Waals surface area contributed by atoms with Gasteiger partial charge in [0.1, 0.15) is 0 Å². The minimum atomic E-state index is -0.416. The Balaban J connectivity index is 4.05. The fourth-order valence-electron chi connectivity index (χ4n) is 1.49. The van der Waals surface area contributed by atoms with Crippen LogP contribution in [0.15, 0.2) is 0 Å². The number of rotatable bonds is 5. The molecule has 0 saturated heterocycles. The van der Waals surface area contributed by atoms with Crippen LogP contribution in [0.1, 0.15) is 40.5 Å². The van der Waals surface area contributed by atoms with Gasteiger partial charge < -0.3 is 10.2 Å². The highest BCUT2D eigenvalue weighted by Crippen LogP contribution is 2.21. The average molecular weight is 174 g/mol. The van der Waals surface area contributed by atoms with Gasteiger partial charge in [-0.25, -0.2) is 0 Å². The molecular weight excluding hydrogens is 152 g/mol. The molecule has 74 valence electrons. The summed E-state index contributed by atoms with van der Waals surface area (Å²) in [4.78, 5) is 0. The summed E-state index contributed by atoms with van der Waals surface area (Å²) in [6.45, 7) is 7.78. The van der Waals surface area contributed by atoms with E-state index in [-0.39, 0.29) is 12.0 Å². The Morgan fingerprint density at radius 2 is 1.42 bits per heavy atom. The van der Waals surface area contributed by atoms with Crippen LogP contribution in [0.3, 0.4) is 0 Å². The van der Waals surface area contributed by atoms with Crippen LogP contribution in [0.25, 0.3) is 0 Å². The van der Waals surface area contributed by atoms with Crippen LogP contribution in [0.5, 0.6) is 0 Å². The van der Waals surface area contributed by atoms with Crippen LogP contribution in [-0.4, -0.2) is 22.4 Å². The van der Waals surface area contributed by atoms with Gasteiger partial charge in [0.2, 0.25) is 0 Å². The monoisotopic (exact) mass is 174 g/mol. The van der Waals surface area contributed by atoms with Crippen molar-refractivity contribution in [3.05, 3.63) is 0 Å². The fraction of sp³-hybridized carbons (Fsp3) is 1.00. The highest BCUT2D eigenvalue weighted by atomic mass is 16.3.